The standard InChI is InChI=1S/C14H22FN3O/c1-4-12(16)14(18(3)9-13(19)17-2)10-6-5-7-11(15)8-10/h5-8,12,14H,4,9,16H2,1-3H3,(H,17,19). The summed E-state index contributed by atoms with van der Waals surface area (Å²) in [5.74, 6) is -0.383. The van der Waals surface area contributed by atoms with Crippen molar-refractivity contribution in [1.82, 2.24) is 10.2 Å². The molecular formula is C14H22FN3O. The molecule has 0 bridgehead atoms. The van der Waals surface area contributed by atoms with Gasteiger partial charge in [-0.25, -0.2) is 4.39 Å². The Kier molecular flexibility index (Phi) is 5.92. The average Bonchev–Trinajstić information content (AvgIpc) is 2.38. The van der Waals surface area contributed by atoms with Crippen LogP contribution in [0.2, 0.25) is 0 Å². The molecule has 0 heterocycles. The molecule has 1 rings (SSSR count). The third-order valence-corrected chi connectivity index (χ3v) is 3.21. The maximum absolute atomic E-state index is 13.3. The molecule has 0 aliphatic rings. The first-order chi connectivity index (χ1) is 8.99. The molecule has 0 aromatic heterocycles. The van der Waals surface area contributed by atoms with Crippen LogP contribution in [0.1, 0.15) is 24.9 Å². The predicted molar refractivity (Wildman–Crippen MR) is 74.1 cm³/mol. The van der Waals surface area contributed by atoms with Crippen LogP contribution in [0.25, 0.3) is 0 Å². The average molecular weight is 267 g/mol. The molecule has 0 saturated carbocycles. The Hall–Kier alpha value is -1.46. The van der Waals surface area contributed by atoms with Crippen molar-refractivity contribution in [3.8, 4) is 0 Å². The van der Waals surface area contributed by atoms with Crippen LogP contribution in [-0.2, 0) is 4.79 Å². The van der Waals surface area contributed by atoms with Gasteiger partial charge in [-0.3, -0.25) is 9.69 Å². The van der Waals surface area contributed by atoms with Gasteiger partial charge in [-0.05, 0) is 31.2 Å². The van der Waals surface area contributed by atoms with Gasteiger partial charge < -0.3 is 11.1 Å². The summed E-state index contributed by atoms with van der Waals surface area (Å²) >= 11 is 0. The lowest BCUT2D eigenvalue weighted by atomic mass is 9.96. The molecule has 4 nitrogen and oxygen atoms in total. The molecule has 3 N–H and O–H groups in total. The number of halogens is 1. The maximum atomic E-state index is 13.3. The van der Waals surface area contributed by atoms with Crippen LogP contribution in [0.4, 0.5) is 4.39 Å². The molecular weight excluding hydrogens is 245 g/mol. The summed E-state index contributed by atoms with van der Waals surface area (Å²) in [6.45, 7) is 2.20. The number of nitrogens with two attached hydrogens (primary N) is 1. The second kappa shape index (κ2) is 7.21. The fourth-order valence-corrected chi connectivity index (χ4v) is 2.15. The number of nitrogens with zero attached hydrogens (tertiary/aromatic N) is 1. The van der Waals surface area contributed by atoms with E-state index in [1.54, 1.807) is 13.1 Å². The lowest BCUT2D eigenvalue weighted by molar-refractivity contribution is -0.122. The van der Waals surface area contributed by atoms with Crippen molar-refractivity contribution in [3.63, 3.8) is 0 Å². The molecule has 0 radical (unpaired) electrons. The van der Waals surface area contributed by atoms with E-state index in [2.05, 4.69) is 5.32 Å². The fourth-order valence-electron chi connectivity index (χ4n) is 2.15. The molecule has 1 aromatic carbocycles. The van der Waals surface area contributed by atoms with Gasteiger partial charge in [-0.1, -0.05) is 19.1 Å². The lowest BCUT2D eigenvalue weighted by Gasteiger charge is -2.32. The van der Waals surface area contributed by atoms with Gasteiger partial charge in [-0.2, -0.15) is 0 Å². The summed E-state index contributed by atoms with van der Waals surface area (Å²) in [6, 6.07) is 6.03. The van der Waals surface area contributed by atoms with Gasteiger partial charge in [0.15, 0.2) is 0 Å². The monoisotopic (exact) mass is 267 g/mol. The van der Waals surface area contributed by atoms with Crippen molar-refractivity contribution in [2.24, 2.45) is 5.73 Å². The maximum Gasteiger partial charge on any atom is 0.233 e. The molecule has 0 aliphatic heterocycles. The number of benzene rings is 1. The molecule has 1 aromatic rings. The molecule has 5 heteroatoms. The number of hydrogen-bond acceptors (Lipinski definition) is 3. The Balaban J connectivity index is 2.97. The minimum Gasteiger partial charge on any atom is -0.358 e. The first-order valence-electron chi connectivity index (χ1n) is 6.41. The van der Waals surface area contributed by atoms with Gasteiger partial charge in [0.2, 0.25) is 5.91 Å². The van der Waals surface area contributed by atoms with E-state index in [0.717, 1.165) is 12.0 Å². The minimum absolute atomic E-state index is 0.0905. The van der Waals surface area contributed by atoms with Gasteiger partial charge >= 0.3 is 0 Å². The van der Waals surface area contributed by atoms with Crippen LogP contribution in [0.5, 0.6) is 0 Å². The smallest absolute Gasteiger partial charge is 0.233 e. The number of carbonyl (C=O) groups excluding carboxylic acids is 1. The van der Waals surface area contributed by atoms with Crippen molar-refractivity contribution in [1.29, 1.82) is 0 Å². The Bertz CT molecular complexity index is 425. The zero-order valence-electron chi connectivity index (χ0n) is 11.7. The number of nitrogens with one attached hydrogen (secondary N) is 1. The van der Waals surface area contributed by atoms with Crippen molar-refractivity contribution in [2.75, 3.05) is 20.6 Å². The molecule has 2 atom stereocenters. The first kappa shape index (κ1) is 15.6. The van der Waals surface area contributed by atoms with E-state index in [4.69, 9.17) is 5.73 Å². The minimum atomic E-state index is -0.292. The second-order valence-electron chi connectivity index (χ2n) is 4.66. The largest absolute Gasteiger partial charge is 0.358 e. The summed E-state index contributed by atoms with van der Waals surface area (Å²) in [4.78, 5) is 13.3. The van der Waals surface area contributed by atoms with Crippen LogP contribution in [0.15, 0.2) is 24.3 Å². The molecule has 1 amide bonds. The van der Waals surface area contributed by atoms with E-state index in [-0.39, 0.29) is 30.4 Å². The Morgan fingerprint density at radius 2 is 2.21 bits per heavy atom. The van der Waals surface area contributed by atoms with E-state index in [0.29, 0.717) is 0 Å². The van der Waals surface area contributed by atoms with Crippen molar-refractivity contribution in [3.05, 3.63) is 35.6 Å². The van der Waals surface area contributed by atoms with E-state index in [1.165, 1.54) is 12.1 Å². The first-order valence-corrected chi connectivity index (χ1v) is 6.41. The number of likely N-dealkylation sites (N-methyl/N-ethyl adjacent to an activating group) is 2. The summed E-state index contributed by atoms with van der Waals surface area (Å²) in [7, 11) is 3.41. The number of amides is 1. The van der Waals surface area contributed by atoms with E-state index < -0.39 is 0 Å². The molecule has 106 valence electrons. The third-order valence-electron chi connectivity index (χ3n) is 3.21. The van der Waals surface area contributed by atoms with E-state index in [9.17, 15) is 9.18 Å². The quantitative estimate of drug-likeness (QED) is 0.816. The van der Waals surface area contributed by atoms with Crippen molar-refractivity contribution >= 4 is 5.91 Å². The summed E-state index contributed by atoms with van der Waals surface area (Å²) in [5.41, 5.74) is 6.91. The van der Waals surface area contributed by atoms with Crippen LogP contribution in [0, 0.1) is 5.82 Å². The van der Waals surface area contributed by atoms with Crippen LogP contribution in [-0.4, -0.2) is 37.5 Å². The summed E-state index contributed by atoms with van der Waals surface area (Å²) < 4.78 is 13.3. The summed E-state index contributed by atoms with van der Waals surface area (Å²) in [5, 5.41) is 2.58. The summed E-state index contributed by atoms with van der Waals surface area (Å²) in [6.07, 6.45) is 0.749. The Morgan fingerprint density at radius 3 is 2.74 bits per heavy atom. The predicted octanol–water partition coefficient (Wildman–Crippen LogP) is 1.28. The van der Waals surface area contributed by atoms with Gasteiger partial charge in [-0.15, -0.1) is 0 Å². The second-order valence-corrected chi connectivity index (χ2v) is 4.66. The topological polar surface area (TPSA) is 58.4 Å². The van der Waals surface area contributed by atoms with Crippen LogP contribution < -0.4 is 11.1 Å². The molecule has 2 unspecified atom stereocenters. The fraction of sp³-hybridized carbons (Fsp3) is 0.500. The van der Waals surface area contributed by atoms with Crippen LogP contribution >= 0.6 is 0 Å². The van der Waals surface area contributed by atoms with Gasteiger partial charge in [0.25, 0.3) is 0 Å². The van der Waals surface area contributed by atoms with Gasteiger partial charge in [0, 0.05) is 13.1 Å². The van der Waals surface area contributed by atoms with E-state index in [1.807, 2.05) is 24.9 Å². The number of hydrogen-bond donors (Lipinski definition) is 2. The highest BCUT2D eigenvalue weighted by molar-refractivity contribution is 5.77. The third kappa shape index (κ3) is 4.29. The Labute approximate surface area is 113 Å². The lowest BCUT2D eigenvalue weighted by Crippen LogP contribution is -2.43. The molecule has 19 heavy (non-hydrogen) atoms. The van der Waals surface area contributed by atoms with Crippen LogP contribution in [0.3, 0.4) is 0 Å². The molecule has 0 fully saturated rings. The number of rotatable bonds is 6. The van der Waals surface area contributed by atoms with Gasteiger partial charge in [0.05, 0.1) is 12.6 Å². The highest BCUT2D eigenvalue weighted by Gasteiger charge is 2.24. The Morgan fingerprint density at radius 1 is 1.53 bits per heavy atom. The highest BCUT2D eigenvalue weighted by atomic mass is 19.1. The molecule has 0 aliphatic carbocycles. The number of carbonyl (C=O) groups is 1. The van der Waals surface area contributed by atoms with Crippen molar-refractivity contribution in [2.45, 2.75) is 25.4 Å². The van der Waals surface area contributed by atoms with E-state index >= 15 is 0 Å². The zero-order valence-corrected chi connectivity index (χ0v) is 11.7. The van der Waals surface area contributed by atoms with Gasteiger partial charge in [0.1, 0.15) is 5.82 Å². The molecule has 0 saturated heterocycles. The molecule has 0 spiro atoms. The SMILES string of the molecule is CCC(N)C(c1cccc(F)c1)N(C)CC(=O)NC. The normalized spacial score (nSPS) is 14.2. The van der Waals surface area contributed by atoms with Crippen molar-refractivity contribution < 1.29 is 9.18 Å². The highest BCUT2D eigenvalue weighted by Crippen LogP contribution is 2.24. The zero-order chi connectivity index (χ0) is 14.4.